The van der Waals surface area contributed by atoms with Crippen LogP contribution in [0.4, 0.5) is 9.18 Å². The maximum atomic E-state index is 14.4. The van der Waals surface area contributed by atoms with E-state index in [1.165, 1.54) is 5.56 Å². The van der Waals surface area contributed by atoms with E-state index in [0.29, 0.717) is 19.0 Å². The highest BCUT2D eigenvalue weighted by atomic mass is 19.1. The second-order valence-corrected chi connectivity index (χ2v) is 6.72. The van der Waals surface area contributed by atoms with Gasteiger partial charge in [-0.05, 0) is 48.8 Å². The average Bonchev–Trinajstić information content (AvgIpc) is 3.34. The van der Waals surface area contributed by atoms with E-state index in [1.54, 1.807) is 11.0 Å². The highest BCUT2D eigenvalue weighted by Crippen LogP contribution is 2.55. The van der Waals surface area contributed by atoms with Gasteiger partial charge in [-0.25, -0.2) is 9.18 Å². The third-order valence-corrected chi connectivity index (χ3v) is 5.04. The van der Waals surface area contributed by atoms with Crippen LogP contribution in [-0.2, 0) is 12.0 Å². The van der Waals surface area contributed by atoms with Crippen LogP contribution in [0.3, 0.4) is 0 Å². The molecular formula is C16H19FN4O. The van der Waals surface area contributed by atoms with Crippen molar-refractivity contribution in [3.8, 4) is 0 Å². The number of halogens is 1. The minimum Gasteiger partial charge on any atom is -0.370 e. The molecule has 0 bridgehead atoms. The molecule has 4 N–H and O–H groups in total. The maximum absolute atomic E-state index is 14.4. The first-order chi connectivity index (χ1) is 10.5. The zero-order valence-corrected chi connectivity index (χ0v) is 12.3. The summed E-state index contributed by atoms with van der Waals surface area (Å²) in [6, 6.07) is 3.05. The van der Waals surface area contributed by atoms with Crippen LogP contribution in [0.2, 0.25) is 0 Å². The molecule has 6 heteroatoms. The molecule has 116 valence electrons. The number of nitrogens with two attached hydrogens (primary N) is 2. The summed E-state index contributed by atoms with van der Waals surface area (Å²) in [4.78, 5) is 17.5. The smallest absolute Gasteiger partial charge is 0.347 e. The summed E-state index contributed by atoms with van der Waals surface area (Å²) in [5.41, 5.74) is 13.4. The fourth-order valence-corrected chi connectivity index (χ4v) is 3.72. The Balaban J connectivity index is 1.78. The van der Waals surface area contributed by atoms with E-state index in [4.69, 9.17) is 11.5 Å². The fourth-order valence-electron chi connectivity index (χ4n) is 3.72. The van der Waals surface area contributed by atoms with Gasteiger partial charge >= 0.3 is 6.03 Å². The standard InChI is InChI=1S/C16H19FN4O/c17-12-4-3-10(9-1-2-9)11-7-21(15(22)20-14(18)19)8-16(5-6-16)13(11)12/h3-4,9H,1-2,5-8H2,(H4,18,19,20,22). The Morgan fingerprint density at radius 3 is 2.64 bits per heavy atom. The third-order valence-electron chi connectivity index (χ3n) is 5.04. The quantitative estimate of drug-likeness (QED) is 0.614. The van der Waals surface area contributed by atoms with Crippen molar-refractivity contribution in [1.29, 1.82) is 0 Å². The van der Waals surface area contributed by atoms with Gasteiger partial charge in [0.25, 0.3) is 0 Å². The molecule has 0 atom stereocenters. The Morgan fingerprint density at radius 2 is 2.05 bits per heavy atom. The molecule has 2 amide bonds. The van der Waals surface area contributed by atoms with Gasteiger partial charge in [-0.15, -0.1) is 0 Å². The molecule has 1 heterocycles. The van der Waals surface area contributed by atoms with E-state index in [9.17, 15) is 9.18 Å². The van der Waals surface area contributed by atoms with Crippen molar-refractivity contribution in [2.75, 3.05) is 6.54 Å². The summed E-state index contributed by atoms with van der Waals surface area (Å²) < 4.78 is 14.4. The number of carbonyl (C=O) groups is 1. The lowest BCUT2D eigenvalue weighted by Crippen LogP contribution is -2.42. The second kappa shape index (κ2) is 4.44. The van der Waals surface area contributed by atoms with Crippen molar-refractivity contribution >= 4 is 12.0 Å². The van der Waals surface area contributed by atoms with E-state index >= 15 is 0 Å². The minimum absolute atomic E-state index is 0.133. The number of hydrogen-bond donors (Lipinski definition) is 2. The third kappa shape index (κ3) is 2.05. The van der Waals surface area contributed by atoms with Crippen LogP contribution < -0.4 is 11.5 Å². The summed E-state index contributed by atoms with van der Waals surface area (Å²) >= 11 is 0. The molecule has 1 aromatic carbocycles. The van der Waals surface area contributed by atoms with Gasteiger partial charge in [0, 0.05) is 24.1 Å². The monoisotopic (exact) mass is 302 g/mol. The number of aliphatic imine (C=N–C) groups is 1. The molecule has 22 heavy (non-hydrogen) atoms. The molecular weight excluding hydrogens is 283 g/mol. The van der Waals surface area contributed by atoms with Crippen LogP contribution in [0.15, 0.2) is 17.1 Å². The van der Waals surface area contributed by atoms with E-state index in [2.05, 4.69) is 4.99 Å². The predicted octanol–water partition coefficient (Wildman–Crippen LogP) is 1.94. The Hall–Kier alpha value is -2.11. The van der Waals surface area contributed by atoms with E-state index < -0.39 is 6.03 Å². The predicted molar refractivity (Wildman–Crippen MR) is 80.9 cm³/mol. The number of fused-ring (bicyclic) bond motifs is 2. The number of carbonyl (C=O) groups excluding carboxylic acids is 1. The molecule has 0 radical (unpaired) electrons. The topological polar surface area (TPSA) is 84.7 Å². The second-order valence-electron chi connectivity index (χ2n) is 6.72. The average molecular weight is 302 g/mol. The molecule has 4 rings (SSSR count). The molecule has 2 saturated carbocycles. The maximum Gasteiger partial charge on any atom is 0.347 e. The van der Waals surface area contributed by atoms with E-state index in [0.717, 1.165) is 36.8 Å². The van der Waals surface area contributed by atoms with Crippen LogP contribution in [0.1, 0.15) is 48.3 Å². The molecule has 0 aromatic heterocycles. The van der Waals surface area contributed by atoms with Crippen molar-refractivity contribution in [2.45, 2.75) is 43.6 Å². The number of hydrogen-bond acceptors (Lipinski definition) is 1. The number of urea groups is 1. The van der Waals surface area contributed by atoms with Gasteiger partial charge in [0.15, 0.2) is 5.96 Å². The van der Waals surface area contributed by atoms with Gasteiger partial charge in [0.1, 0.15) is 5.82 Å². The number of amides is 2. The molecule has 1 aromatic rings. The van der Waals surface area contributed by atoms with Gasteiger partial charge in [0.05, 0.1) is 0 Å². The summed E-state index contributed by atoms with van der Waals surface area (Å²) in [6.07, 6.45) is 4.12. The summed E-state index contributed by atoms with van der Waals surface area (Å²) in [5, 5.41) is 0. The van der Waals surface area contributed by atoms with E-state index in [-0.39, 0.29) is 17.2 Å². The van der Waals surface area contributed by atoms with Crippen molar-refractivity contribution in [3.05, 3.63) is 34.6 Å². The molecule has 0 saturated heterocycles. The van der Waals surface area contributed by atoms with Crippen LogP contribution >= 0.6 is 0 Å². The van der Waals surface area contributed by atoms with Crippen LogP contribution in [0.5, 0.6) is 0 Å². The Labute approximate surface area is 128 Å². The lowest BCUT2D eigenvalue weighted by atomic mass is 9.83. The van der Waals surface area contributed by atoms with E-state index in [1.807, 2.05) is 6.07 Å². The van der Waals surface area contributed by atoms with Crippen LogP contribution in [0.25, 0.3) is 0 Å². The lowest BCUT2D eigenvalue weighted by molar-refractivity contribution is 0.192. The van der Waals surface area contributed by atoms with Gasteiger partial charge in [-0.2, -0.15) is 4.99 Å². The Morgan fingerprint density at radius 1 is 1.32 bits per heavy atom. The Bertz CT molecular complexity index is 688. The van der Waals surface area contributed by atoms with Crippen LogP contribution in [-0.4, -0.2) is 23.4 Å². The first-order valence-corrected chi connectivity index (χ1v) is 7.70. The number of guanidine groups is 1. The van der Waals surface area contributed by atoms with Gasteiger partial charge in [0.2, 0.25) is 0 Å². The molecule has 0 unspecified atom stereocenters. The summed E-state index contributed by atoms with van der Waals surface area (Å²) in [7, 11) is 0. The van der Waals surface area contributed by atoms with Crippen molar-refractivity contribution < 1.29 is 9.18 Å². The first kappa shape index (κ1) is 13.5. The number of rotatable bonds is 1. The molecule has 3 aliphatic rings. The fraction of sp³-hybridized carbons (Fsp3) is 0.500. The molecule has 2 fully saturated rings. The zero-order valence-electron chi connectivity index (χ0n) is 12.3. The molecule has 1 aliphatic heterocycles. The van der Waals surface area contributed by atoms with Crippen molar-refractivity contribution in [3.63, 3.8) is 0 Å². The molecule has 5 nitrogen and oxygen atoms in total. The van der Waals surface area contributed by atoms with Crippen molar-refractivity contribution in [2.24, 2.45) is 16.5 Å². The minimum atomic E-state index is -0.428. The van der Waals surface area contributed by atoms with Gasteiger partial charge in [-0.1, -0.05) is 6.07 Å². The van der Waals surface area contributed by atoms with Gasteiger partial charge in [-0.3, -0.25) is 0 Å². The SMILES string of the molecule is NC(N)=NC(=O)N1Cc2c(C3CC3)ccc(F)c2C2(CC2)C1. The van der Waals surface area contributed by atoms with Crippen molar-refractivity contribution in [1.82, 2.24) is 4.90 Å². The van der Waals surface area contributed by atoms with Gasteiger partial charge < -0.3 is 16.4 Å². The normalized spacial score (nSPS) is 21.4. The largest absolute Gasteiger partial charge is 0.370 e. The Kier molecular flexibility index (Phi) is 2.74. The summed E-state index contributed by atoms with van der Waals surface area (Å²) in [6.45, 7) is 0.900. The summed E-state index contributed by atoms with van der Waals surface area (Å²) in [5.74, 6) is 0.149. The first-order valence-electron chi connectivity index (χ1n) is 7.70. The highest BCUT2D eigenvalue weighted by Gasteiger charge is 2.52. The number of benzene rings is 1. The zero-order chi connectivity index (χ0) is 15.5. The molecule has 1 spiro atoms. The molecule has 2 aliphatic carbocycles. The highest BCUT2D eigenvalue weighted by molar-refractivity contribution is 5.90. The lowest BCUT2D eigenvalue weighted by Gasteiger charge is -2.35. The van der Waals surface area contributed by atoms with Crippen LogP contribution in [0, 0.1) is 5.82 Å². The number of nitrogens with zero attached hydrogens (tertiary/aromatic N) is 2.